The van der Waals surface area contributed by atoms with Crippen LogP contribution in [0, 0.1) is 12.3 Å². The fourth-order valence-corrected chi connectivity index (χ4v) is 3.48. The van der Waals surface area contributed by atoms with Crippen LogP contribution >= 0.6 is 11.3 Å². The molecule has 2 rings (SSSR count). The number of aliphatic hydroxyl groups excluding tert-OH is 1. The van der Waals surface area contributed by atoms with Gasteiger partial charge < -0.3 is 5.11 Å². The Labute approximate surface area is 135 Å². The maximum Gasteiger partial charge on any atom is 0.259 e. The predicted molar refractivity (Wildman–Crippen MR) is 90.5 cm³/mol. The number of rotatable bonds is 6. The summed E-state index contributed by atoms with van der Waals surface area (Å²) < 4.78 is 1.65. The minimum Gasteiger partial charge on any atom is -0.396 e. The van der Waals surface area contributed by atoms with E-state index in [9.17, 15) is 4.79 Å². The van der Waals surface area contributed by atoms with E-state index in [4.69, 9.17) is 5.11 Å². The van der Waals surface area contributed by atoms with Crippen LogP contribution in [0.3, 0.4) is 0 Å². The number of aryl methyl sites for hydroxylation is 1. The Hall–Kier alpha value is -1.24. The zero-order chi connectivity index (χ0) is 16.3. The minimum atomic E-state index is -0.0170. The summed E-state index contributed by atoms with van der Waals surface area (Å²) in [6, 6.07) is 1.63. The van der Waals surface area contributed by atoms with E-state index in [0.29, 0.717) is 6.54 Å². The van der Waals surface area contributed by atoms with Gasteiger partial charge >= 0.3 is 0 Å². The van der Waals surface area contributed by atoms with Crippen molar-refractivity contribution < 1.29 is 5.11 Å². The Kier molecular flexibility index (Phi) is 5.36. The van der Waals surface area contributed by atoms with Crippen LogP contribution in [0.2, 0.25) is 0 Å². The average molecular weight is 323 g/mol. The Morgan fingerprint density at radius 1 is 1.41 bits per heavy atom. The van der Waals surface area contributed by atoms with Crippen molar-refractivity contribution >= 4 is 16.3 Å². The summed E-state index contributed by atoms with van der Waals surface area (Å²) >= 11 is 1.49. The lowest BCUT2D eigenvalue weighted by Crippen LogP contribution is -2.34. The van der Waals surface area contributed by atoms with Gasteiger partial charge in [-0.15, -0.1) is 11.3 Å². The Morgan fingerprint density at radius 2 is 2.14 bits per heavy atom. The van der Waals surface area contributed by atoms with Crippen molar-refractivity contribution in [1.82, 2.24) is 14.3 Å². The van der Waals surface area contributed by atoms with Crippen LogP contribution in [0.4, 0.5) is 0 Å². The molecule has 122 valence electrons. The Bertz CT molecular complexity index is 685. The molecule has 0 aliphatic carbocycles. The lowest BCUT2D eigenvalue weighted by Gasteiger charge is -2.29. The molecule has 0 unspecified atom stereocenters. The van der Waals surface area contributed by atoms with Gasteiger partial charge in [-0.2, -0.15) is 0 Å². The molecule has 6 heteroatoms. The quantitative estimate of drug-likeness (QED) is 0.886. The molecule has 5 nitrogen and oxygen atoms in total. The topological polar surface area (TPSA) is 57.8 Å². The van der Waals surface area contributed by atoms with E-state index in [2.05, 4.69) is 30.7 Å². The molecule has 0 atom stereocenters. The number of aliphatic hydroxyl groups is 1. The van der Waals surface area contributed by atoms with Crippen LogP contribution in [0.15, 0.2) is 16.2 Å². The van der Waals surface area contributed by atoms with Crippen molar-refractivity contribution in [3.8, 4) is 0 Å². The molecule has 0 fully saturated rings. The fraction of sp³-hybridized carbons (Fsp3) is 0.625. The molecule has 0 aliphatic heterocycles. The molecule has 2 aromatic heterocycles. The van der Waals surface area contributed by atoms with E-state index in [-0.39, 0.29) is 17.6 Å². The molecule has 22 heavy (non-hydrogen) atoms. The average Bonchev–Trinajstić information content (AvgIpc) is 2.76. The first-order valence-corrected chi connectivity index (χ1v) is 8.48. The van der Waals surface area contributed by atoms with Crippen LogP contribution < -0.4 is 5.56 Å². The van der Waals surface area contributed by atoms with E-state index in [1.165, 1.54) is 11.3 Å². The third kappa shape index (κ3) is 4.38. The monoisotopic (exact) mass is 323 g/mol. The van der Waals surface area contributed by atoms with E-state index in [1.807, 2.05) is 12.3 Å². The highest BCUT2D eigenvalue weighted by Crippen LogP contribution is 2.18. The Morgan fingerprint density at radius 3 is 2.77 bits per heavy atom. The maximum atomic E-state index is 12.2. The molecule has 0 aliphatic rings. The number of aromatic nitrogens is 2. The van der Waals surface area contributed by atoms with E-state index < -0.39 is 0 Å². The highest BCUT2D eigenvalue weighted by atomic mass is 32.1. The van der Waals surface area contributed by atoms with Crippen molar-refractivity contribution in [3.05, 3.63) is 33.2 Å². The van der Waals surface area contributed by atoms with Crippen LogP contribution in [0.5, 0.6) is 0 Å². The van der Waals surface area contributed by atoms with Gasteiger partial charge in [-0.25, -0.2) is 4.98 Å². The normalized spacial score (nSPS) is 12.5. The van der Waals surface area contributed by atoms with E-state index in [0.717, 1.165) is 35.9 Å². The number of thiazole rings is 1. The van der Waals surface area contributed by atoms with Gasteiger partial charge in [0.15, 0.2) is 4.96 Å². The molecule has 0 amide bonds. The molecule has 2 heterocycles. The Balaban J connectivity index is 2.23. The van der Waals surface area contributed by atoms with Crippen LogP contribution in [0.1, 0.15) is 38.6 Å². The fourth-order valence-electron chi connectivity index (χ4n) is 2.59. The number of fused-ring (bicyclic) bond motifs is 1. The highest BCUT2D eigenvalue weighted by molar-refractivity contribution is 7.15. The summed E-state index contributed by atoms with van der Waals surface area (Å²) in [6.45, 7) is 11.0. The second-order valence-electron chi connectivity index (χ2n) is 6.93. The first-order valence-electron chi connectivity index (χ1n) is 7.60. The zero-order valence-corrected chi connectivity index (χ0v) is 14.6. The molecule has 0 saturated carbocycles. The highest BCUT2D eigenvalue weighted by Gasteiger charge is 2.17. The maximum absolute atomic E-state index is 12.2. The largest absolute Gasteiger partial charge is 0.396 e. The van der Waals surface area contributed by atoms with Crippen LogP contribution in [-0.2, 0) is 6.54 Å². The standard InChI is InChI=1S/C16H25N3O2S/c1-12-10-22-15-17-13(8-14(21)19(12)15)9-18(6-5-7-20)11-16(2,3)4/h8,10,20H,5-7,9,11H2,1-4H3. The smallest absolute Gasteiger partial charge is 0.259 e. The van der Waals surface area contributed by atoms with Gasteiger partial charge in [0.05, 0.1) is 5.69 Å². The molecule has 0 radical (unpaired) electrons. The third-order valence-electron chi connectivity index (χ3n) is 3.34. The first-order chi connectivity index (χ1) is 10.3. The van der Waals surface area contributed by atoms with Crippen molar-refractivity contribution in [3.63, 3.8) is 0 Å². The third-order valence-corrected chi connectivity index (χ3v) is 4.29. The number of hydrogen-bond acceptors (Lipinski definition) is 5. The van der Waals surface area contributed by atoms with Crippen molar-refractivity contribution in [1.29, 1.82) is 0 Å². The second kappa shape index (κ2) is 6.89. The summed E-state index contributed by atoms with van der Waals surface area (Å²) in [5, 5.41) is 11.0. The second-order valence-corrected chi connectivity index (χ2v) is 7.77. The zero-order valence-electron chi connectivity index (χ0n) is 13.8. The van der Waals surface area contributed by atoms with Crippen LogP contribution in [-0.4, -0.2) is 39.1 Å². The number of hydrogen-bond donors (Lipinski definition) is 1. The molecule has 0 aromatic carbocycles. The molecule has 2 aromatic rings. The van der Waals surface area contributed by atoms with Gasteiger partial charge in [-0.1, -0.05) is 20.8 Å². The number of nitrogens with zero attached hydrogens (tertiary/aromatic N) is 3. The van der Waals surface area contributed by atoms with Gasteiger partial charge in [0.25, 0.3) is 5.56 Å². The SMILES string of the molecule is Cc1csc2nc(CN(CCCO)CC(C)(C)C)cc(=O)n12. The van der Waals surface area contributed by atoms with Gasteiger partial charge in [0, 0.05) is 43.4 Å². The molecular formula is C16H25N3O2S. The van der Waals surface area contributed by atoms with E-state index in [1.54, 1.807) is 10.5 Å². The van der Waals surface area contributed by atoms with Crippen molar-refractivity contribution in [2.45, 2.75) is 40.7 Å². The van der Waals surface area contributed by atoms with Crippen molar-refractivity contribution in [2.24, 2.45) is 5.41 Å². The molecule has 1 N–H and O–H groups in total. The van der Waals surface area contributed by atoms with Crippen LogP contribution in [0.25, 0.3) is 4.96 Å². The summed E-state index contributed by atoms with van der Waals surface area (Å²) in [5.41, 5.74) is 1.87. The van der Waals surface area contributed by atoms with Gasteiger partial charge in [-0.05, 0) is 18.8 Å². The summed E-state index contributed by atoms with van der Waals surface area (Å²) in [5.74, 6) is 0. The molecule has 0 saturated heterocycles. The minimum absolute atomic E-state index is 0.0170. The van der Waals surface area contributed by atoms with E-state index >= 15 is 0 Å². The summed E-state index contributed by atoms with van der Waals surface area (Å²) in [6.07, 6.45) is 0.732. The predicted octanol–water partition coefficient (Wildman–Crippen LogP) is 2.29. The summed E-state index contributed by atoms with van der Waals surface area (Å²) in [7, 11) is 0. The molecule has 0 bridgehead atoms. The molecule has 0 spiro atoms. The van der Waals surface area contributed by atoms with Crippen molar-refractivity contribution in [2.75, 3.05) is 19.7 Å². The lowest BCUT2D eigenvalue weighted by molar-refractivity contribution is 0.164. The summed E-state index contributed by atoms with van der Waals surface area (Å²) in [4.78, 5) is 19.9. The molecular weight excluding hydrogens is 298 g/mol. The van der Waals surface area contributed by atoms with Gasteiger partial charge in [0.2, 0.25) is 0 Å². The van der Waals surface area contributed by atoms with Gasteiger partial charge in [-0.3, -0.25) is 14.1 Å². The first kappa shape index (κ1) is 17.1. The lowest BCUT2D eigenvalue weighted by atomic mass is 9.96. The van der Waals surface area contributed by atoms with Gasteiger partial charge in [0.1, 0.15) is 0 Å².